The average Bonchev–Trinajstić information content (AvgIpc) is 2.85. The fourth-order valence-corrected chi connectivity index (χ4v) is 3.07. The molecule has 5 nitrogen and oxygen atoms in total. The first-order valence-corrected chi connectivity index (χ1v) is 7.58. The summed E-state index contributed by atoms with van der Waals surface area (Å²) in [5.74, 6) is 0.713. The van der Waals surface area contributed by atoms with Gasteiger partial charge in [-0.25, -0.2) is 0 Å². The van der Waals surface area contributed by atoms with E-state index in [9.17, 15) is 4.79 Å². The van der Waals surface area contributed by atoms with E-state index in [0.717, 1.165) is 10.1 Å². The van der Waals surface area contributed by atoms with Gasteiger partial charge in [0, 0.05) is 18.7 Å². The number of carbonyl (C=O) groups excluding carboxylic acids is 1. The van der Waals surface area contributed by atoms with Crippen LogP contribution in [-0.4, -0.2) is 22.6 Å². The van der Waals surface area contributed by atoms with E-state index in [1.807, 2.05) is 18.2 Å². The van der Waals surface area contributed by atoms with E-state index in [0.29, 0.717) is 18.1 Å². The molecule has 1 aromatic carbocycles. The third kappa shape index (κ3) is 5.46. The fraction of sp³-hybridized carbons (Fsp3) is 0.250. The van der Waals surface area contributed by atoms with Crippen LogP contribution in [0.4, 0.5) is 5.13 Å². The van der Waals surface area contributed by atoms with Crippen LogP contribution in [0.15, 0.2) is 34.7 Å². The van der Waals surface area contributed by atoms with Crippen LogP contribution in [0.5, 0.6) is 0 Å². The molecule has 8 heteroatoms. The molecule has 0 aliphatic carbocycles. The molecule has 0 saturated carbocycles. The van der Waals surface area contributed by atoms with Crippen molar-refractivity contribution in [1.29, 1.82) is 0 Å². The Balaban J connectivity index is 0.00000200. The van der Waals surface area contributed by atoms with Crippen LogP contribution >= 0.6 is 35.5 Å². The molecule has 0 bridgehead atoms. The van der Waals surface area contributed by atoms with Gasteiger partial charge in [0.15, 0.2) is 4.34 Å². The maximum atomic E-state index is 11.3. The third-order valence-corrected chi connectivity index (χ3v) is 4.27. The molecule has 1 heterocycles. The zero-order valence-corrected chi connectivity index (χ0v) is 13.1. The number of hydrogen-bond donors (Lipinski definition) is 2. The second kappa shape index (κ2) is 8.91. The number of amides is 1. The van der Waals surface area contributed by atoms with Gasteiger partial charge in [0.2, 0.25) is 11.0 Å². The number of aromatic nitrogens is 2. The second-order valence-electron chi connectivity index (χ2n) is 3.73. The fourth-order valence-electron chi connectivity index (χ4n) is 1.35. The summed E-state index contributed by atoms with van der Waals surface area (Å²) in [7, 11) is 0. The summed E-state index contributed by atoms with van der Waals surface area (Å²) < 4.78 is 0.840. The molecule has 2 rings (SSSR count). The molecule has 0 spiro atoms. The normalized spacial score (nSPS) is 9.85. The van der Waals surface area contributed by atoms with Crippen LogP contribution in [0.1, 0.15) is 12.0 Å². The largest absolute Gasteiger partial charge is 0.330 e. The number of benzene rings is 1. The van der Waals surface area contributed by atoms with Gasteiger partial charge in [-0.2, -0.15) is 0 Å². The highest BCUT2D eigenvalue weighted by atomic mass is 35.5. The first-order valence-electron chi connectivity index (χ1n) is 5.78. The summed E-state index contributed by atoms with van der Waals surface area (Å²) in [5.41, 5.74) is 6.54. The Morgan fingerprint density at radius 2 is 2.05 bits per heavy atom. The highest BCUT2D eigenvalue weighted by Crippen LogP contribution is 2.28. The maximum Gasteiger partial charge on any atom is 0.227 e. The number of nitrogens with two attached hydrogens (primary N) is 1. The number of nitrogens with zero attached hydrogens (tertiary/aromatic N) is 2. The van der Waals surface area contributed by atoms with Gasteiger partial charge in [0.1, 0.15) is 0 Å². The Labute approximate surface area is 131 Å². The molecule has 0 aliphatic heterocycles. The van der Waals surface area contributed by atoms with E-state index in [2.05, 4.69) is 27.6 Å². The van der Waals surface area contributed by atoms with Crippen molar-refractivity contribution in [1.82, 2.24) is 10.2 Å². The zero-order chi connectivity index (χ0) is 13.5. The number of carbonyl (C=O) groups is 1. The van der Waals surface area contributed by atoms with Crippen LogP contribution in [0.3, 0.4) is 0 Å². The molecule has 1 amide bonds. The maximum absolute atomic E-state index is 11.3. The molecule has 0 radical (unpaired) electrons. The monoisotopic (exact) mass is 330 g/mol. The van der Waals surface area contributed by atoms with Gasteiger partial charge in [0.05, 0.1) is 0 Å². The molecule has 1 aromatic heterocycles. The smallest absolute Gasteiger partial charge is 0.227 e. The van der Waals surface area contributed by atoms with Gasteiger partial charge >= 0.3 is 0 Å². The van der Waals surface area contributed by atoms with E-state index < -0.39 is 0 Å². The number of hydrogen-bond acceptors (Lipinski definition) is 6. The number of halogens is 1. The van der Waals surface area contributed by atoms with Crippen molar-refractivity contribution in [3.05, 3.63) is 35.9 Å². The van der Waals surface area contributed by atoms with E-state index >= 15 is 0 Å². The lowest BCUT2D eigenvalue weighted by Crippen LogP contribution is -2.15. The van der Waals surface area contributed by atoms with Crippen molar-refractivity contribution in [3.8, 4) is 0 Å². The topological polar surface area (TPSA) is 80.9 Å². The Hall–Kier alpha value is -1.15. The van der Waals surface area contributed by atoms with Gasteiger partial charge in [-0.05, 0) is 5.56 Å². The first-order chi connectivity index (χ1) is 9.28. The SMILES string of the molecule is Cl.NCCC(=O)Nc1nnc(SCc2ccccc2)s1. The number of nitrogens with one attached hydrogen (secondary N) is 1. The minimum absolute atomic E-state index is 0. The molecule has 0 saturated heterocycles. The van der Waals surface area contributed by atoms with E-state index in [4.69, 9.17) is 5.73 Å². The predicted molar refractivity (Wildman–Crippen MR) is 85.5 cm³/mol. The quantitative estimate of drug-likeness (QED) is 0.628. The zero-order valence-electron chi connectivity index (χ0n) is 10.6. The van der Waals surface area contributed by atoms with Crippen molar-refractivity contribution in [2.45, 2.75) is 16.5 Å². The van der Waals surface area contributed by atoms with Crippen molar-refractivity contribution in [2.75, 3.05) is 11.9 Å². The summed E-state index contributed by atoms with van der Waals surface area (Å²) in [6.45, 7) is 0.334. The van der Waals surface area contributed by atoms with Crippen molar-refractivity contribution >= 4 is 46.5 Å². The molecule has 20 heavy (non-hydrogen) atoms. The third-order valence-electron chi connectivity index (χ3n) is 2.23. The van der Waals surface area contributed by atoms with Crippen LogP contribution in [0, 0.1) is 0 Å². The number of anilines is 1. The molecule has 108 valence electrons. The second-order valence-corrected chi connectivity index (χ2v) is 5.93. The first kappa shape index (κ1) is 16.9. The van der Waals surface area contributed by atoms with Crippen LogP contribution < -0.4 is 11.1 Å². The molecule has 0 unspecified atom stereocenters. The molecule has 3 N–H and O–H groups in total. The van der Waals surface area contributed by atoms with Gasteiger partial charge < -0.3 is 11.1 Å². The Morgan fingerprint density at radius 1 is 1.30 bits per heavy atom. The standard InChI is InChI=1S/C12H14N4OS2.ClH/c13-7-6-10(17)14-11-15-16-12(19-11)18-8-9-4-2-1-3-5-9;/h1-5H,6-8,13H2,(H,14,15,17);1H. The molecule has 2 aromatic rings. The minimum atomic E-state index is -0.127. The Morgan fingerprint density at radius 3 is 2.75 bits per heavy atom. The van der Waals surface area contributed by atoms with Gasteiger partial charge in [-0.15, -0.1) is 22.6 Å². The van der Waals surface area contributed by atoms with Crippen molar-refractivity contribution in [2.24, 2.45) is 5.73 Å². The number of rotatable bonds is 6. The Kier molecular flexibility index (Phi) is 7.53. The van der Waals surface area contributed by atoms with E-state index in [-0.39, 0.29) is 18.3 Å². The van der Waals surface area contributed by atoms with E-state index in [1.54, 1.807) is 11.8 Å². The van der Waals surface area contributed by atoms with Crippen molar-refractivity contribution < 1.29 is 4.79 Å². The van der Waals surface area contributed by atoms with Gasteiger partial charge in [-0.1, -0.05) is 53.4 Å². The highest BCUT2D eigenvalue weighted by Gasteiger charge is 2.08. The summed E-state index contributed by atoms with van der Waals surface area (Å²) in [6.07, 6.45) is 0.298. The lowest BCUT2D eigenvalue weighted by molar-refractivity contribution is -0.116. The van der Waals surface area contributed by atoms with E-state index in [1.165, 1.54) is 16.9 Å². The summed E-state index contributed by atoms with van der Waals surface area (Å²) in [6, 6.07) is 10.1. The summed E-state index contributed by atoms with van der Waals surface area (Å²) in [5, 5.41) is 11.2. The van der Waals surface area contributed by atoms with Crippen LogP contribution in [-0.2, 0) is 10.5 Å². The number of thioether (sulfide) groups is 1. The van der Waals surface area contributed by atoms with Crippen LogP contribution in [0.25, 0.3) is 0 Å². The lowest BCUT2D eigenvalue weighted by Gasteiger charge is -1.97. The molecular weight excluding hydrogens is 316 g/mol. The van der Waals surface area contributed by atoms with Gasteiger partial charge in [-0.3, -0.25) is 4.79 Å². The molecule has 0 fully saturated rings. The summed E-state index contributed by atoms with van der Waals surface area (Å²) in [4.78, 5) is 11.3. The predicted octanol–water partition coefficient (Wildman–Crippen LogP) is 2.54. The lowest BCUT2D eigenvalue weighted by atomic mass is 10.2. The summed E-state index contributed by atoms with van der Waals surface area (Å²) >= 11 is 2.98. The van der Waals surface area contributed by atoms with Gasteiger partial charge in [0.25, 0.3) is 0 Å². The highest BCUT2D eigenvalue weighted by molar-refractivity contribution is 8.00. The van der Waals surface area contributed by atoms with Crippen molar-refractivity contribution in [3.63, 3.8) is 0 Å². The minimum Gasteiger partial charge on any atom is -0.330 e. The molecule has 0 atom stereocenters. The van der Waals surface area contributed by atoms with Crippen LogP contribution in [0.2, 0.25) is 0 Å². The molecule has 0 aliphatic rings. The molecular formula is C12H15ClN4OS2. The Bertz CT molecular complexity index is 535. The average molecular weight is 331 g/mol.